The summed E-state index contributed by atoms with van der Waals surface area (Å²) < 4.78 is 48.5. The van der Waals surface area contributed by atoms with Crippen LogP contribution in [0.4, 0.5) is 18.0 Å². The lowest BCUT2D eigenvalue weighted by molar-refractivity contribution is -0.191. The molecule has 1 aromatic rings. The van der Waals surface area contributed by atoms with Crippen molar-refractivity contribution in [3.63, 3.8) is 0 Å². The van der Waals surface area contributed by atoms with Crippen molar-refractivity contribution in [3.05, 3.63) is 34.0 Å². The zero-order chi connectivity index (χ0) is 16.7. The van der Waals surface area contributed by atoms with Gasteiger partial charge in [0.25, 0.3) is 6.10 Å². The van der Waals surface area contributed by atoms with E-state index in [1.807, 2.05) is 0 Å². The van der Waals surface area contributed by atoms with E-state index in [2.05, 4.69) is 4.74 Å². The lowest BCUT2D eigenvalue weighted by atomic mass is 9.96. The molecule has 120 valence electrons. The van der Waals surface area contributed by atoms with Gasteiger partial charge in [-0.25, -0.2) is 4.79 Å². The highest BCUT2D eigenvalue weighted by Crippen LogP contribution is 2.42. The van der Waals surface area contributed by atoms with Gasteiger partial charge in [-0.3, -0.25) is 0 Å². The molecule has 1 N–H and O–H groups in total. The number of alkyl halides is 3. The first-order chi connectivity index (χ1) is 10.1. The molecule has 0 spiro atoms. The summed E-state index contributed by atoms with van der Waals surface area (Å²) >= 11 is 5.94. The third-order valence-corrected chi connectivity index (χ3v) is 3.25. The molecule has 0 radical (unpaired) electrons. The van der Waals surface area contributed by atoms with Crippen LogP contribution in [-0.2, 0) is 4.74 Å². The van der Waals surface area contributed by atoms with Crippen molar-refractivity contribution in [2.75, 3.05) is 0 Å². The molecule has 0 saturated carbocycles. The van der Waals surface area contributed by atoms with Crippen LogP contribution < -0.4 is 4.74 Å². The fourth-order valence-electron chi connectivity index (χ4n) is 2.13. The van der Waals surface area contributed by atoms with Gasteiger partial charge in [0.2, 0.25) is 0 Å². The number of hydrogen-bond acceptors (Lipinski definition) is 3. The number of carbonyl (C=O) groups is 1. The molecular formula is C14H12ClF3O4. The minimum absolute atomic E-state index is 0.0273. The molecule has 0 fully saturated rings. The Morgan fingerprint density at radius 1 is 1.41 bits per heavy atom. The van der Waals surface area contributed by atoms with Crippen molar-refractivity contribution in [3.8, 4) is 5.75 Å². The van der Waals surface area contributed by atoms with Gasteiger partial charge < -0.3 is 14.6 Å². The molecule has 1 aliphatic rings. The van der Waals surface area contributed by atoms with Gasteiger partial charge in [-0.2, -0.15) is 13.2 Å². The van der Waals surface area contributed by atoms with Crippen molar-refractivity contribution in [1.82, 2.24) is 0 Å². The fourth-order valence-corrected chi connectivity index (χ4v) is 2.36. The molecule has 0 amide bonds. The molecule has 8 heteroatoms. The summed E-state index contributed by atoms with van der Waals surface area (Å²) in [6.07, 6.45) is -8.15. The molecular weight excluding hydrogens is 325 g/mol. The van der Waals surface area contributed by atoms with Crippen LogP contribution in [0.1, 0.15) is 30.9 Å². The summed E-state index contributed by atoms with van der Waals surface area (Å²) in [7, 11) is 0. The lowest BCUT2D eigenvalue weighted by Gasteiger charge is -2.29. The van der Waals surface area contributed by atoms with E-state index in [0.717, 1.165) is 6.08 Å². The Morgan fingerprint density at radius 3 is 2.55 bits per heavy atom. The zero-order valence-electron chi connectivity index (χ0n) is 11.6. The summed E-state index contributed by atoms with van der Waals surface area (Å²) in [6.45, 7) is 3.57. The van der Waals surface area contributed by atoms with Crippen LogP contribution >= 0.6 is 11.6 Å². The molecule has 1 aliphatic heterocycles. The Labute approximate surface area is 129 Å². The van der Waals surface area contributed by atoms with Crippen LogP contribution in [0, 0.1) is 0 Å². The van der Waals surface area contributed by atoms with E-state index in [0.29, 0.717) is 10.6 Å². The molecule has 0 bridgehead atoms. The van der Waals surface area contributed by atoms with E-state index >= 15 is 0 Å². The van der Waals surface area contributed by atoms with E-state index in [-0.39, 0.29) is 17.2 Å². The standard InChI is InChI=1S/C14H12ClF3O4/c1-6(2)9-5-8(15)3-7-4-10(21-13(19)20)12(14(16,17)18)22-11(7)9/h3-6,12H,1-2H3,(H,19,20). The van der Waals surface area contributed by atoms with E-state index in [1.54, 1.807) is 13.8 Å². The number of fused-ring (bicyclic) bond motifs is 1. The summed E-state index contributed by atoms with van der Waals surface area (Å²) in [6, 6.07) is 2.91. The maximum Gasteiger partial charge on any atom is 0.511 e. The fraction of sp³-hybridized carbons (Fsp3) is 0.357. The van der Waals surface area contributed by atoms with Gasteiger partial charge in [-0.05, 0) is 29.7 Å². The molecule has 0 aromatic heterocycles. The van der Waals surface area contributed by atoms with Crippen LogP contribution in [0.25, 0.3) is 6.08 Å². The largest absolute Gasteiger partial charge is 0.511 e. The van der Waals surface area contributed by atoms with Crippen LogP contribution in [0.5, 0.6) is 5.75 Å². The number of rotatable bonds is 2. The number of benzene rings is 1. The van der Waals surface area contributed by atoms with Crippen molar-refractivity contribution in [2.24, 2.45) is 0 Å². The number of ether oxygens (including phenoxy) is 2. The normalized spacial score (nSPS) is 17.6. The summed E-state index contributed by atoms with van der Waals surface area (Å²) in [5, 5.41) is 8.89. The van der Waals surface area contributed by atoms with Crippen LogP contribution in [0.3, 0.4) is 0 Å². The predicted octanol–water partition coefficient (Wildman–Crippen LogP) is 4.82. The average Bonchev–Trinajstić information content (AvgIpc) is 2.34. The maximum absolute atomic E-state index is 13.1. The van der Waals surface area contributed by atoms with Gasteiger partial charge in [0, 0.05) is 10.6 Å². The van der Waals surface area contributed by atoms with E-state index in [4.69, 9.17) is 21.4 Å². The van der Waals surface area contributed by atoms with Crippen LogP contribution in [0.15, 0.2) is 17.9 Å². The second-order valence-corrected chi connectivity index (χ2v) is 5.46. The number of halogens is 4. The van der Waals surface area contributed by atoms with Gasteiger partial charge in [0.1, 0.15) is 5.75 Å². The van der Waals surface area contributed by atoms with Crippen LogP contribution in [-0.4, -0.2) is 23.5 Å². The van der Waals surface area contributed by atoms with Gasteiger partial charge in [-0.15, -0.1) is 0 Å². The summed E-state index contributed by atoms with van der Waals surface area (Å²) in [5.41, 5.74) is 0.746. The third-order valence-electron chi connectivity index (χ3n) is 3.03. The predicted molar refractivity (Wildman–Crippen MR) is 73.1 cm³/mol. The van der Waals surface area contributed by atoms with E-state index in [1.165, 1.54) is 12.1 Å². The molecule has 1 heterocycles. The molecule has 0 aliphatic carbocycles. The van der Waals surface area contributed by atoms with Gasteiger partial charge in [0.15, 0.2) is 5.76 Å². The molecule has 1 unspecified atom stereocenters. The van der Waals surface area contributed by atoms with E-state index < -0.39 is 24.2 Å². The summed E-state index contributed by atoms with van der Waals surface area (Å²) in [4.78, 5) is 10.6. The number of carboxylic acid groups (broad SMARTS) is 1. The monoisotopic (exact) mass is 336 g/mol. The Bertz CT molecular complexity index is 638. The van der Waals surface area contributed by atoms with Gasteiger partial charge in [0.05, 0.1) is 0 Å². The zero-order valence-corrected chi connectivity index (χ0v) is 12.3. The quantitative estimate of drug-likeness (QED) is 0.786. The Kier molecular flexibility index (Phi) is 4.28. The number of hydrogen-bond donors (Lipinski definition) is 1. The smallest absolute Gasteiger partial charge is 0.472 e. The third kappa shape index (κ3) is 3.30. The highest BCUT2D eigenvalue weighted by atomic mass is 35.5. The molecule has 0 saturated heterocycles. The first-order valence-electron chi connectivity index (χ1n) is 6.28. The Hall–Kier alpha value is -1.89. The summed E-state index contributed by atoms with van der Waals surface area (Å²) in [5.74, 6) is -0.944. The highest BCUT2D eigenvalue weighted by Gasteiger charge is 2.48. The van der Waals surface area contributed by atoms with Crippen LogP contribution in [0.2, 0.25) is 5.02 Å². The first kappa shape index (κ1) is 16.5. The molecule has 2 rings (SSSR count). The van der Waals surface area contributed by atoms with Crippen molar-refractivity contribution in [1.29, 1.82) is 0 Å². The Balaban J connectivity index is 2.60. The lowest BCUT2D eigenvalue weighted by Crippen LogP contribution is -2.39. The van der Waals surface area contributed by atoms with Gasteiger partial charge in [-0.1, -0.05) is 25.4 Å². The van der Waals surface area contributed by atoms with Crippen molar-refractivity contribution >= 4 is 23.8 Å². The van der Waals surface area contributed by atoms with Gasteiger partial charge >= 0.3 is 12.3 Å². The molecule has 1 atom stereocenters. The first-order valence-corrected chi connectivity index (χ1v) is 6.66. The molecule has 4 nitrogen and oxygen atoms in total. The van der Waals surface area contributed by atoms with Crippen molar-refractivity contribution < 1.29 is 32.5 Å². The SMILES string of the molecule is CC(C)c1cc(Cl)cc2c1OC(C(F)(F)F)C(OC(=O)O)=C2. The molecule has 1 aromatic carbocycles. The van der Waals surface area contributed by atoms with E-state index in [9.17, 15) is 18.0 Å². The second-order valence-electron chi connectivity index (χ2n) is 5.02. The molecule has 22 heavy (non-hydrogen) atoms. The second kappa shape index (κ2) is 5.72. The maximum atomic E-state index is 13.1. The topological polar surface area (TPSA) is 55.8 Å². The average molecular weight is 337 g/mol. The highest BCUT2D eigenvalue weighted by molar-refractivity contribution is 6.30. The minimum Gasteiger partial charge on any atom is -0.472 e. The minimum atomic E-state index is -4.81. The Morgan fingerprint density at radius 2 is 2.05 bits per heavy atom. The van der Waals surface area contributed by atoms with Crippen molar-refractivity contribution in [2.45, 2.75) is 32.0 Å².